The Labute approximate surface area is 127 Å². The minimum absolute atomic E-state index is 0.0286. The van der Waals surface area contributed by atoms with Crippen LogP contribution in [0, 0.1) is 5.82 Å². The van der Waals surface area contributed by atoms with Gasteiger partial charge < -0.3 is 15.2 Å². The summed E-state index contributed by atoms with van der Waals surface area (Å²) in [6.45, 7) is 4.26. The number of rotatable bonds is 3. The van der Waals surface area contributed by atoms with Crippen LogP contribution in [-0.2, 0) is 13.0 Å². The van der Waals surface area contributed by atoms with Gasteiger partial charge in [-0.25, -0.2) is 4.39 Å². The third kappa shape index (κ3) is 2.82. The average Bonchev–Trinajstić information content (AvgIpc) is 2.77. The molecule has 0 saturated heterocycles. The molecule has 2 aromatic rings. The maximum Gasteiger partial charge on any atom is 0.254 e. The lowest BCUT2D eigenvalue weighted by Crippen LogP contribution is -2.30. The van der Waals surface area contributed by atoms with Gasteiger partial charge in [0.1, 0.15) is 5.82 Å². The van der Waals surface area contributed by atoms with Gasteiger partial charge in [0.05, 0.1) is 17.8 Å². The van der Waals surface area contributed by atoms with Gasteiger partial charge in [-0.05, 0) is 13.0 Å². The van der Waals surface area contributed by atoms with Crippen molar-refractivity contribution < 1.29 is 9.18 Å². The average molecular weight is 304 g/mol. The normalized spacial score (nSPS) is 15.7. The number of amides is 1. The van der Waals surface area contributed by atoms with E-state index in [1.807, 2.05) is 11.5 Å². The summed E-state index contributed by atoms with van der Waals surface area (Å²) in [6.07, 6.45) is 3.21. The highest BCUT2D eigenvalue weighted by atomic mass is 19.1. The second-order valence-electron chi connectivity index (χ2n) is 5.18. The van der Waals surface area contributed by atoms with E-state index in [1.54, 1.807) is 0 Å². The van der Waals surface area contributed by atoms with E-state index in [-0.39, 0.29) is 11.6 Å². The molecule has 0 fully saturated rings. The van der Waals surface area contributed by atoms with Gasteiger partial charge in [0.25, 0.3) is 5.91 Å². The van der Waals surface area contributed by atoms with Crippen LogP contribution >= 0.6 is 0 Å². The maximum absolute atomic E-state index is 13.6. The Hall–Kier alpha value is -2.35. The van der Waals surface area contributed by atoms with Crippen molar-refractivity contribution in [2.45, 2.75) is 25.9 Å². The lowest BCUT2D eigenvalue weighted by atomic mass is 10.2. The summed E-state index contributed by atoms with van der Waals surface area (Å²) in [4.78, 5) is 15.8. The topological polar surface area (TPSA) is 84.7 Å². The van der Waals surface area contributed by atoms with Crippen LogP contribution in [-0.4, -0.2) is 38.7 Å². The summed E-state index contributed by atoms with van der Waals surface area (Å²) in [5.41, 5.74) is -0.0286. The maximum atomic E-state index is 13.6. The van der Waals surface area contributed by atoms with Gasteiger partial charge in [-0.2, -0.15) is 0 Å². The van der Waals surface area contributed by atoms with E-state index in [1.165, 1.54) is 12.3 Å². The summed E-state index contributed by atoms with van der Waals surface area (Å²) < 4.78 is 15.6. The molecule has 0 bridgehead atoms. The summed E-state index contributed by atoms with van der Waals surface area (Å²) >= 11 is 0. The summed E-state index contributed by atoms with van der Waals surface area (Å²) in [5.74, 6) is 0.450. The van der Waals surface area contributed by atoms with Crippen molar-refractivity contribution >= 4 is 5.91 Å². The molecule has 0 spiro atoms. The fourth-order valence-corrected chi connectivity index (χ4v) is 2.51. The molecule has 22 heavy (non-hydrogen) atoms. The van der Waals surface area contributed by atoms with Crippen LogP contribution in [0.2, 0.25) is 0 Å². The molecule has 2 N–H and O–H groups in total. The van der Waals surface area contributed by atoms with Gasteiger partial charge in [0.2, 0.25) is 0 Å². The predicted octanol–water partition coefficient (Wildman–Crippen LogP) is 0.449. The van der Waals surface area contributed by atoms with Crippen molar-refractivity contribution in [1.82, 2.24) is 30.4 Å². The molecule has 3 heterocycles. The number of hydrogen-bond acceptors (Lipinski definition) is 5. The van der Waals surface area contributed by atoms with Gasteiger partial charge >= 0.3 is 0 Å². The zero-order valence-corrected chi connectivity index (χ0v) is 12.2. The van der Waals surface area contributed by atoms with E-state index in [2.05, 4.69) is 25.8 Å². The number of pyridine rings is 1. The van der Waals surface area contributed by atoms with Crippen LogP contribution in [0.15, 0.2) is 18.5 Å². The van der Waals surface area contributed by atoms with Crippen LogP contribution < -0.4 is 10.6 Å². The van der Waals surface area contributed by atoms with Crippen LogP contribution in [0.3, 0.4) is 0 Å². The van der Waals surface area contributed by atoms with Crippen molar-refractivity contribution in [1.29, 1.82) is 0 Å². The first kappa shape index (κ1) is 14.6. The Morgan fingerprint density at radius 3 is 3.14 bits per heavy atom. The molecule has 8 heteroatoms. The number of nitrogens with one attached hydrogen (secondary N) is 2. The summed E-state index contributed by atoms with van der Waals surface area (Å²) in [7, 11) is 0. The third-order valence-corrected chi connectivity index (χ3v) is 3.65. The van der Waals surface area contributed by atoms with E-state index in [9.17, 15) is 9.18 Å². The molecule has 0 saturated carbocycles. The van der Waals surface area contributed by atoms with Crippen LogP contribution in [0.4, 0.5) is 4.39 Å². The monoisotopic (exact) mass is 304 g/mol. The zero-order chi connectivity index (χ0) is 15.5. The number of nitrogens with zero attached hydrogens (tertiary/aromatic N) is 4. The van der Waals surface area contributed by atoms with E-state index < -0.39 is 11.7 Å². The highest BCUT2D eigenvalue weighted by molar-refractivity contribution is 5.94. The molecule has 2 aromatic heterocycles. The summed E-state index contributed by atoms with van der Waals surface area (Å²) in [6, 6.07) is 0.991. The molecular weight excluding hydrogens is 287 g/mol. The number of fused-ring (bicyclic) bond motifs is 1. The molecule has 116 valence electrons. The minimum atomic E-state index is -0.642. The Morgan fingerprint density at radius 1 is 1.45 bits per heavy atom. The number of carbonyl (C=O) groups is 1. The third-order valence-electron chi connectivity index (χ3n) is 3.65. The first-order valence-corrected chi connectivity index (χ1v) is 7.20. The zero-order valence-electron chi connectivity index (χ0n) is 12.2. The van der Waals surface area contributed by atoms with Crippen LogP contribution in [0.1, 0.15) is 35.0 Å². The van der Waals surface area contributed by atoms with Crippen molar-refractivity contribution in [3.05, 3.63) is 41.5 Å². The van der Waals surface area contributed by atoms with E-state index >= 15 is 0 Å². The number of carbonyl (C=O) groups excluding carboxylic acids is 1. The van der Waals surface area contributed by atoms with Gasteiger partial charge in [0, 0.05) is 32.3 Å². The van der Waals surface area contributed by atoms with Gasteiger partial charge in [-0.3, -0.25) is 9.78 Å². The standard InChI is InChI=1S/C14H17FN6O/c1-9(18-14(22)10-2-4-17-8-11(10)15)13-20-19-12-3-5-16-6-7-21(12)13/h2,4,8-9,16H,3,5-7H2,1H3,(H,18,22)/t9-/m0/s1. The molecule has 0 aromatic carbocycles. The number of hydrogen-bond donors (Lipinski definition) is 2. The Morgan fingerprint density at radius 2 is 2.32 bits per heavy atom. The van der Waals surface area contributed by atoms with Gasteiger partial charge in [-0.15, -0.1) is 10.2 Å². The fourth-order valence-electron chi connectivity index (χ4n) is 2.51. The predicted molar refractivity (Wildman–Crippen MR) is 76.7 cm³/mol. The first-order valence-electron chi connectivity index (χ1n) is 7.20. The van der Waals surface area contributed by atoms with Crippen molar-refractivity contribution in [3.63, 3.8) is 0 Å². The smallest absolute Gasteiger partial charge is 0.254 e. The summed E-state index contributed by atoms with van der Waals surface area (Å²) in [5, 5.41) is 14.4. The van der Waals surface area contributed by atoms with E-state index in [0.717, 1.165) is 38.1 Å². The lowest BCUT2D eigenvalue weighted by Gasteiger charge is -2.15. The molecule has 1 aliphatic rings. The molecule has 1 aliphatic heterocycles. The van der Waals surface area contributed by atoms with Gasteiger partial charge in [-0.1, -0.05) is 0 Å². The molecule has 0 aliphatic carbocycles. The van der Waals surface area contributed by atoms with Crippen molar-refractivity contribution in [2.75, 3.05) is 13.1 Å². The fraction of sp³-hybridized carbons (Fsp3) is 0.429. The molecule has 0 unspecified atom stereocenters. The van der Waals surface area contributed by atoms with E-state index in [4.69, 9.17) is 0 Å². The molecular formula is C14H17FN6O. The van der Waals surface area contributed by atoms with Crippen LogP contribution in [0.25, 0.3) is 0 Å². The first-order chi connectivity index (χ1) is 10.7. The Balaban J connectivity index is 1.78. The number of aromatic nitrogens is 4. The van der Waals surface area contributed by atoms with E-state index in [0.29, 0.717) is 5.82 Å². The van der Waals surface area contributed by atoms with Gasteiger partial charge in [0.15, 0.2) is 11.6 Å². The molecule has 7 nitrogen and oxygen atoms in total. The van der Waals surface area contributed by atoms with Crippen molar-refractivity contribution in [3.8, 4) is 0 Å². The van der Waals surface area contributed by atoms with Crippen molar-refractivity contribution in [2.24, 2.45) is 0 Å². The quantitative estimate of drug-likeness (QED) is 0.860. The Bertz CT molecular complexity index is 686. The number of halogens is 1. The molecule has 0 radical (unpaired) electrons. The molecule has 1 atom stereocenters. The lowest BCUT2D eigenvalue weighted by molar-refractivity contribution is 0.0933. The molecule has 1 amide bonds. The molecule has 3 rings (SSSR count). The minimum Gasteiger partial charge on any atom is -0.342 e. The largest absolute Gasteiger partial charge is 0.342 e. The highest BCUT2D eigenvalue weighted by Gasteiger charge is 2.21. The SMILES string of the molecule is C[C@H](NC(=O)c1ccncc1F)c1nnc2n1CCNCC2. The Kier molecular flexibility index (Phi) is 4.10. The highest BCUT2D eigenvalue weighted by Crippen LogP contribution is 2.15. The van der Waals surface area contributed by atoms with Crippen LogP contribution in [0.5, 0.6) is 0 Å². The second-order valence-corrected chi connectivity index (χ2v) is 5.18. The second kappa shape index (κ2) is 6.18.